The largest absolute Gasteiger partial charge is 0.466 e. The number of rotatable bonds is 2. The Hall–Kier alpha value is -0.790. The highest BCUT2D eigenvalue weighted by molar-refractivity contribution is 5.81. The quantitative estimate of drug-likeness (QED) is 0.528. The molecule has 0 atom stereocenters. The normalized spacial score (nSPS) is 45.2. The summed E-state index contributed by atoms with van der Waals surface area (Å²) in [6.07, 6.45) is 12.1. The zero-order valence-electron chi connectivity index (χ0n) is 9.95. The van der Waals surface area contributed by atoms with Gasteiger partial charge in [-0.1, -0.05) is 6.08 Å². The van der Waals surface area contributed by atoms with Crippen LogP contribution in [0.5, 0.6) is 0 Å². The van der Waals surface area contributed by atoms with E-state index in [1.807, 2.05) is 0 Å². The van der Waals surface area contributed by atoms with Crippen molar-refractivity contribution in [2.75, 3.05) is 7.11 Å². The van der Waals surface area contributed by atoms with Gasteiger partial charge in [0.05, 0.1) is 7.11 Å². The van der Waals surface area contributed by atoms with Crippen LogP contribution in [-0.4, -0.2) is 13.1 Å². The predicted molar refractivity (Wildman–Crippen MR) is 61.8 cm³/mol. The van der Waals surface area contributed by atoms with Crippen LogP contribution in [0.15, 0.2) is 12.2 Å². The van der Waals surface area contributed by atoms with Gasteiger partial charge in [0.2, 0.25) is 0 Å². The van der Waals surface area contributed by atoms with Crippen molar-refractivity contribution in [3.05, 3.63) is 12.2 Å². The number of allylic oxidation sites excluding steroid dienone is 1. The van der Waals surface area contributed by atoms with Crippen LogP contribution < -0.4 is 0 Å². The minimum Gasteiger partial charge on any atom is -0.466 e. The Bertz CT molecular complexity index is 294. The summed E-state index contributed by atoms with van der Waals surface area (Å²) in [5.74, 6) is 2.62. The summed E-state index contributed by atoms with van der Waals surface area (Å²) in [7, 11) is 1.45. The zero-order valence-corrected chi connectivity index (χ0v) is 9.95. The molecular formula is C14H20O2. The summed E-state index contributed by atoms with van der Waals surface area (Å²) in [6.45, 7) is 0. The van der Waals surface area contributed by atoms with Crippen molar-refractivity contribution in [3.63, 3.8) is 0 Å². The summed E-state index contributed by atoms with van der Waals surface area (Å²) in [5.41, 5.74) is 0.350. The highest BCUT2D eigenvalue weighted by atomic mass is 16.5. The third-order valence-electron chi connectivity index (χ3n) is 4.86. The van der Waals surface area contributed by atoms with Crippen molar-refractivity contribution in [2.24, 2.45) is 23.2 Å². The van der Waals surface area contributed by atoms with E-state index >= 15 is 0 Å². The van der Waals surface area contributed by atoms with Gasteiger partial charge in [-0.3, -0.25) is 0 Å². The molecule has 2 nitrogen and oxygen atoms in total. The molecule has 0 unspecified atom stereocenters. The lowest BCUT2D eigenvalue weighted by Crippen LogP contribution is -2.45. The number of methoxy groups -OCH3 is 1. The van der Waals surface area contributed by atoms with Crippen LogP contribution in [0.2, 0.25) is 0 Å². The van der Waals surface area contributed by atoms with Gasteiger partial charge < -0.3 is 4.74 Å². The van der Waals surface area contributed by atoms with Gasteiger partial charge in [0.1, 0.15) is 0 Å². The molecular weight excluding hydrogens is 200 g/mol. The predicted octanol–water partition coefficient (Wildman–Crippen LogP) is 2.93. The Labute approximate surface area is 97.1 Å². The molecule has 4 bridgehead atoms. The van der Waals surface area contributed by atoms with E-state index < -0.39 is 0 Å². The maximum Gasteiger partial charge on any atom is 0.330 e. The van der Waals surface area contributed by atoms with E-state index in [0.717, 1.165) is 17.8 Å². The van der Waals surface area contributed by atoms with Crippen molar-refractivity contribution >= 4 is 5.97 Å². The first-order valence-electron chi connectivity index (χ1n) is 6.46. The number of carbonyl (C=O) groups is 1. The number of hydrogen-bond acceptors (Lipinski definition) is 2. The average Bonchev–Trinajstić information content (AvgIpc) is 2.24. The fourth-order valence-corrected chi connectivity index (χ4v) is 4.69. The van der Waals surface area contributed by atoms with Crippen LogP contribution in [0.1, 0.15) is 38.5 Å². The van der Waals surface area contributed by atoms with Crippen molar-refractivity contribution in [1.82, 2.24) is 0 Å². The first-order chi connectivity index (χ1) is 7.69. The molecule has 0 radical (unpaired) electrons. The Morgan fingerprint density at radius 2 is 1.62 bits per heavy atom. The maximum absolute atomic E-state index is 11.2. The van der Waals surface area contributed by atoms with E-state index in [1.54, 1.807) is 6.08 Å². The molecule has 4 rings (SSSR count). The van der Waals surface area contributed by atoms with E-state index in [2.05, 4.69) is 10.8 Å². The molecule has 0 saturated heterocycles. The van der Waals surface area contributed by atoms with Crippen LogP contribution in [0.25, 0.3) is 0 Å². The van der Waals surface area contributed by atoms with Crippen LogP contribution in [0.3, 0.4) is 0 Å². The van der Waals surface area contributed by atoms with Crippen molar-refractivity contribution in [3.8, 4) is 0 Å². The van der Waals surface area contributed by atoms with Crippen LogP contribution in [-0.2, 0) is 9.53 Å². The third-order valence-corrected chi connectivity index (χ3v) is 4.86. The van der Waals surface area contributed by atoms with Gasteiger partial charge in [-0.2, -0.15) is 0 Å². The van der Waals surface area contributed by atoms with E-state index in [-0.39, 0.29) is 5.97 Å². The Kier molecular flexibility index (Phi) is 2.34. The average molecular weight is 220 g/mol. The number of hydrogen-bond donors (Lipinski definition) is 0. The molecule has 0 aromatic heterocycles. The molecule has 0 spiro atoms. The van der Waals surface area contributed by atoms with Gasteiger partial charge in [-0.15, -0.1) is 0 Å². The summed E-state index contributed by atoms with van der Waals surface area (Å²) >= 11 is 0. The summed E-state index contributed by atoms with van der Waals surface area (Å²) in [4.78, 5) is 11.2. The van der Waals surface area contributed by atoms with E-state index in [4.69, 9.17) is 0 Å². The van der Waals surface area contributed by atoms with Gasteiger partial charge in [0, 0.05) is 6.08 Å². The number of ether oxygens (including phenoxy) is 1. The molecule has 88 valence electrons. The van der Waals surface area contributed by atoms with Gasteiger partial charge >= 0.3 is 5.97 Å². The van der Waals surface area contributed by atoms with Crippen molar-refractivity contribution < 1.29 is 9.53 Å². The standard InChI is InChI=1S/C14H20O2/c1-16-13(15)2-3-14-7-10-4-11(8-14)6-12(5-10)9-14/h2-3,10-12H,4-9H2,1H3. The van der Waals surface area contributed by atoms with Crippen molar-refractivity contribution in [2.45, 2.75) is 38.5 Å². The molecule has 4 fully saturated rings. The fourth-order valence-electron chi connectivity index (χ4n) is 4.69. The zero-order chi connectivity index (χ0) is 11.2. The minimum absolute atomic E-state index is 0.198. The monoisotopic (exact) mass is 220 g/mol. The minimum atomic E-state index is -0.198. The van der Waals surface area contributed by atoms with Gasteiger partial charge in [0.15, 0.2) is 0 Å². The fraction of sp³-hybridized carbons (Fsp3) is 0.786. The highest BCUT2D eigenvalue weighted by Crippen LogP contribution is 2.60. The van der Waals surface area contributed by atoms with E-state index in [1.165, 1.54) is 45.6 Å². The lowest BCUT2D eigenvalue weighted by atomic mass is 9.49. The highest BCUT2D eigenvalue weighted by Gasteiger charge is 2.49. The number of carbonyl (C=O) groups excluding carboxylic acids is 1. The Morgan fingerprint density at radius 1 is 1.12 bits per heavy atom. The smallest absolute Gasteiger partial charge is 0.330 e. The lowest BCUT2D eigenvalue weighted by Gasteiger charge is -2.55. The molecule has 2 heteroatoms. The van der Waals surface area contributed by atoms with Gasteiger partial charge in [-0.05, 0) is 61.7 Å². The number of esters is 1. The lowest BCUT2D eigenvalue weighted by molar-refractivity contribution is -0.135. The molecule has 4 saturated carbocycles. The van der Waals surface area contributed by atoms with Crippen LogP contribution in [0.4, 0.5) is 0 Å². The van der Waals surface area contributed by atoms with Gasteiger partial charge in [-0.25, -0.2) is 4.79 Å². The first-order valence-corrected chi connectivity index (χ1v) is 6.46. The molecule has 0 aliphatic heterocycles. The molecule has 0 amide bonds. The molecule has 0 N–H and O–H groups in total. The first kappa shape index (κ1) is 10.4. The summed E-state index contributed by atoms with van der Waals surface area (Å²) in [6, 6.07) is 0. The Morgan fingerprint density at radius 3 is 2.06 bits per heavy atom. The molecule has 0 aromatic rings. The van der Waals surface area contributed by atoms with E-state index in [9.17, 15) is 4.79 Å². The second-order valence-corrected chi connectivity index (χ2v) is 6.14. The molecule has 4 aliphatic rings. The van der Waals surface area contributed by atoms with Gasteiger partial charge in [0.25, 0.3) is 0 Å². The van der Waals surface area contributed by atoms with Crippen molar-refractivity contribution in [1.29, 1.82) is 0 Å². The van der Waals surface area contributed by atoms with Crippen LogP contribution >= 0.6 is 0 Å². The summed E-state index contributed by atoms with van der Waals surface area (Å²) in [5, 5.41) is 0. The molecule has 0 aromatic carbocycles. The Balaban J connectivity index is 1.78. The second kappa shape index (κ2) is 3.61. The topological polar surface area (TPSA) is 26.3 Å². The van der Waals surface area contributed by atoms with Crippen LogP contribution in [0, 0.1) is 23.2 Å². The van der Waals surface area contributed by atoms with E-state index in [0.29, 0.717) is 5.41 Å². The second-order valence-electron chi connectivity index (χ2n) is 6.14. The SMILES string of the molecule is COC(=O)C=CC12CC3CC(CC(C3)C1)C2. The molecule has 4 aliphatic carbocycles. The maximum atomic E-state index is 11.2. The molecule has 16 heavy (non-hydrogen) atoms. The summed E-state index contributed by atoms with van der Waals surface area (Å²) < 4.78 is 4.69. The molecule has 0 heterocycles. The third kappa shape index (κ3) is 1.68.